The van der Waals surface area contributed by atoms with Crippen LogP contribution in [0.5, 0.6) is 0 Å². The molecule has 2 unspecified atom stereocenters. The predicted molar refractivity (Wildman–Crippen MR) is 88.6 cm³/mol. The number of hydrogen-bond donors (Lipinski definition) is 1. The molecule has 0 saturated heterocycles. The van der Waals surface area contributed by atoms with Gasteiger partial charge in [0.1, 0.15) is 11.3 Å². The SMILES string of the molecule is CCn1c(CNC(C)C(C)n2cccn2)nc2c(F)cccc21. The Bertz CT molecular complexity index is 778. The zero-order valence-corrected chi connectivity index (χ0v) is 13.7. The van der Waals surface area contributed by atoms with E-state index >= 15 is 0 Å². The third-order valence-corrected chi connectivity index (χ3v) is 4.37. The lowest BCUT2D eigenvalue weighted by molar-refractivity contribution is 0.360. The summed E-state index contributed by atoms with van der Waals surface area (Å²) in [6.45, 7) is 7.64. The minimum Gasteiger partial charge on any atom is -0.327 e. The maximum absolute atomic E-state index is 13.9. The van der Waals surface area contributed by atoms with Gasteiger partial charge in [-0.3, -0.25) is 4.68 Å². The molecule has 1 aromatic carbocycles. The molecule has 0 amide bonds. The molecule has 0 saturated carbocycles. The van der Waals surface area contributed by atoms with Gasteiger partial charge in [-0.1, -0.05) is 6.07 Å². The molecule has 0 aliphatic rings. The van der Waals surface area contributed by atoms with E-state index < -0.39 is 0 Å². The summed E-state index contributed by atoms with van der Waals surface area (Å²) in [5.74, 6) is 0.584. The molecule has 3 rings (SSSR count). The highest BCUT2D eigenvalue weighted by molar-refractivity contribution is 5.76. The van der Waals surface area contributed by atoms with E-state index in [1.165, 1.54) is 6.07 Å². The van der Waals surface area contributed by atoms with Crippen LogP contribution < -0.4 is 5.32 Å². The van der Waals surface area contributed by atoms with E-state index in [0.717, 1.165) is 17.9 Å². The number of aryl methyl sites for hydroxylation is 1. The lowest BCUT2D eigenvalue weighted by Crippen LogP contribution is -2.34. The fraction of sp³-hybridized carbons (Fsp3) is 0.412. The van der Waals surface area contributed by atoms with Crippen LogP contribution in [0.3, 0.4) is 0 Å². The van der Waals surface area contributed by atoms with Crippen LogP contribution >= 0.6 is 0 Å². The highest BCUT2D eigenvalue weighted by Crippen LogP contribution is 2.19. The van der Waals surface area contributed by atoms with Crippen LogP contribution in [-0.2, 0) is 13.1 Å². The first kappa shape index (κ1) is 15.7. The first-order valence-corrected chi connectivity index (χ1v) is 7.98. The average molecular weight is 315 g/mol. The van der Waals surface area contributed by atoms with E-state index in [1.807, 2.05) is 29.9 Å². The Labute approximate surface area is 135 Å². The molecule has 1 N–H and O–H groups in total. The van der Waals surface area contributed by atoms with Crippen molar-refractivity contribution in [2.24, 2.45) is 0 Å². The lowest BCUT2D eigenvalue weighted by Gasteiger charge is -2.21. The molecule has 0 fully saturated rings. The van der Waals surface area contributed by atoms with Gasteiger partial charge in [0.15, 0.2) is 5.82 Å². The van der Waals surface area contributed by atoms with Gasteiger partial charge in [-0.05, 0) is 39.0 Å². The van der Waals surface area contributed by atoms with Crippen molar-refractivity contribution in [1.29, 1.82) is 0 Å². The molecule has 2 atom stereocenters. The van der Waals surface area contributed by atoms with E-state index in [1.54, 1.807) is 12.3 Å². The molecule has 3 aromatic rings. The standard InChI is InChI=1S/C17H22FN5/c1-4-22-15-8-5-7-14(18)17(15)21-16(22)11-19-12(2)13(3)23-10-6-9-20-23/h5-10,12-13,19H,4,11H2,1-3H3. The van der Waals surface area contributed by atoms with Crippen molar-refractivity contribution < 1.29 is 4.39 Å². The van der Waals surface area contributed by atoms with Gasteiger partial charge in [-0.25, -0.2) is 9.37 Å². The maximum Gasteiger partial charge on any atom is 0.151 e. The first-order valence-electron chi connectivity index (χ1n) is 7.98. The van der Waals surface area contributed by atoms with Crippen molar-refractivity contribution in [1.82, 2.24) is 24.6 Å². The molecule has 2 heterocycles. The Morgan fingerprint density at radius 3 is 2.78 bits per heavy atom. The summed E-state index contributed by atoms with van der Waals surface area (Å²) in [6.07, 6.45) is 3.74. The van der Waals surface area contributed by atoms with Gasteiger partial charge in [0.05, 0.1) is 18.1 Å². The fourth-order valence-corrected chi connectivity index (χ4v) is 2.82. The normalized spacial score (nSPS) is 14.3. The summed E-state index contributed by atoms with van der Waals surface area (Å²) in [6, 6.07) is 7.45. The predicted octanol–water partition coefficient (Wildman–Crippen LogP) is 3.13. The third-order valence-electron chi connectivity index (χ3n) is 4.37. The quantitative estimate of drug-likeness (QED) is 0.760. The van der Waals surface area contributed by atoms with Gasteiger partial charge < -0.3 is 9.88 Å². The van der Waals surface area contributed by atoms with E-state index in [0.29, 0.717) is 12.1 Å². The Kier molecular flexibility index (Phi) is 4.43. The van der Waals surface area contributed by atoms with Crippen LogP contribution in [0.4, 0.5) is 4.39 Å². The molecule has 2 aromatic heterocycles. The summed E-state index contributed by atoms with van der Waals surface area (Å²) in [7, 11) is 0. The fourth-order valence-electron chi connectivity index (χ4n) is 2.82. The number of rotatable bonds is 6. The van der Waals surface area contributed by atoms with Gasteiger partial charge in [0.25, 0.3) is 0 Å². The zero-order valence-electron chi connectivity index (χ0n) is 13.7. The van der Waals surface area contributed by atoms with E-state index in [2.05, 4.69) is 33.8 Å². The molecule has 0 aliphatic carbocycles. The molecule has 23 heavy (non-hydrogen) atoms. The number of imidazole rings is 1. The zero-order chi connectivity index (χ0) is 16.4. The number of halogens is 1. The largest absolute Gasteiger partial charge is 0.327 e. The molecule has 0 aliphatic heterocycles. The highest BCUT2D eigenvalue weighted by atomic mass is 19.1. The molecular formula is C17H22FN5. The van der Waals surface area contributed by atoms with Gasteiger partial charge in [0.2, 0.25) is 0 Å². The first-order chi connectivity index (χ1) is 11.1. The van der Waals surface area contributed by atoms with Gasteiger partial charge in [-0.15, -0.1) is 0 Å². The summed E-state index contributed by atoms with van der Waals surface area (Å²) in [4.78, 5) is 4.48. The minimum atomic E-state index is -0.270. The lowest BCUT2D eigenvalue weighted by atomic mass is 10.2. The maximum atomic E-state index is 13.9. The number of para-hydroxylation sites is 1. The summed E-state index contributed by atoms with van der Waals surface area (Å²) < 4.78 is 17.9. The molecular weight excluding hydrogens is 293 g/mol. The van der Waals surface area contributed by atoms with Gasteiger partial charge >= 0.3 is 0 Å². The Balaban J connectivity index is 1.78. The summed E-state index contributed by atoms with van der Waals surface area (Å²) >= 11 is 0. The topological polar surface area (TPSA) is 47.7 Å². The molecule has 6 heteroatoms. The van der Waals surface area contributed by atoms with Crippen LogP contribution in [0.15, 0.2) is 36.7 Å². The molecule has 0 radical (unpaired) electrons. The Morgan fingerprint density at radius 2 is 2.09 bits per heavy atom. The Hall–Kier alpha value is -2.21. The second-order valence-electron chi connectivity index (χ2n) is 5.78. The van der Waals surface area contributed by atoms with Crippen LogP contribution in [-0.4, -0.2) is 25.4 Å². The van der Waals surface area contributed by atoms with Crippen molar-refractivity contribution in [2.75, 3.05) is 0 Å². The van der Waals surface area contributed by atoms with Crippen molar-refractivity contribution in [3.63, 3.8) is 0 Å². The van der Waals surface area contributed by atoms with Crippen molar-refractivity contribution >= 4 is 11.0 Å². The number of nitrogens with one attached hydrogen (secondary N) is 1. The van der Waals surface area contributed by atoms with Gasteiger partial charge in [0, 0.05) is 25.0 Å². The molecule has 0 bridgehead atoms. The molecule has 0 spiro atoms. The molecule has 122 valence electrons. The van der Waals surface area contributed by atoms with Gasteiger partial charge in [-0.2, -0.15) is 5.10 Å². The van der Waals surface area contributed by atoms with Crippen LogP contribution in [0.25, 0.3) is 11.0 Å². The number of benzene rings is 1. The van der Waals surface area contributed by atoms with E-state index in [4.69, 9.17) is 0 Å². The highest BCUT2D eigenvalue weighted by Gasteiger charge is 2.16. The monoisotopic (exact) mass is 315 g/mol. The van der Waals surface area contributed by atoms with Crippen LogP contribution in [0, 0.1) is 5.82 Å². The number of nitrogens with zero attached hydrogens (tertiary/aromatic N) is 4. The summed E-state index contributed by atoms with van der Waals surface area (Å²) in [5.41, 5.74) is 1.29. The number of fused-ring (bicyclic) bond motifs is 1. The Morgan fingerprint density at radius 1 is 1.26 bits per heavy atom. The summed E-state index contributed by atoms with van der Waals surface area (Å²) in [5, 5.41) is 7.75. The second kappa shape index (κ2) is 6.50. The van der Waals surface area contributed by atoms with Crippen molar-refractivity contribution in [2.45, 2.75) is 45.9 Å². The minimum absolute atomic E-state index is 0.213. The van der Waals surface area contributed by atoms with Crippen LogP contribution in [0.2, 0.25) is 0 Å². The number of aromatic nitrogens is 4. The van der Waals surface area contributed by atoms with E-state index in [-0.39, 0.29) is 17.9 Å². The van der Waals surface area contributed by atoms with Crippen LogP contribution in [0.1, 0.15) is 32.6 Å². The van der Waals surface area contributed by atoms with Crippen molar-refractivity contribution in [3.05, 3.63) is 48.3 Å². The van der Waals surface area contributed by atoms with Crippen molar-refractivity contribution in [3.8, 4) is 0 Å². The average Bonchev–Trinajstić information content (AvgIpc) is 3.19. The third kappa shape index (κ3) is 2.99. The molecule has 5 nitrogen and oxygen atoms in total. The second-order valence-corrected chi connectivity index (χ2v) is 5.78. The number of hydrogen-bond acceptors (Lipinski definition) is 3. The van der Waals surface area contributed by atoms with E-state index in [9.17, 15) is 4.39 Å². The smallest absolute Gasteiger partial charge is 0.151 e.